The van der Waals surface area contributed by atoms with Gasteiger partial charge in [0.05, 0.1) is 6.54 Å². The molecule has 2 nitrogen and oxygen atoms in total. The summed E-state index contributed by atoms with van der Waals surface area (Å²) in [5.41, 5.74) is -0.0885. The van der Waals surface area contributed by atoms with Gasteiger partial charge in [0.2, 0.25) is 0 Å². The molecule has 0 aromatic rings. The van der Waals surface area contributed by atoms with Crippen molar-refractivity contribution >= 4 is 0 Å². The van der Waals surface area contributed by atoms with Crippen LogP contribution in [0.1, 0.15) is 32.6 Å². The second kappa shape index (κ2) is 5.36. The van der Waals surface area contributed by atoms with Crippen molar-refractivity contribution in [1.82, 2.24) is 10.2 Å². The standard InChI is InChI=1S/C11H21F3N2/c1-3-5-10(6-4-7-15-10)8-16(2)9-11(12,13)14/h15H,3-9H2,1-2H3. The van der Waals surface area contributed by atoms with Gasteiger partial charge in [0.15, 0.2) is 0 Å². The van der Waals surface area contributed by atoms with E-state index < -0.39 is 12.7 Å². The first-order chi connectivity index (χ1) is 7.37. The highest BCUT2D eigenvalue weighted by atomic mass is 19.4. The Kier molecular flexibility index (Phi) is 4.62. The number of halogens is 3. The minimum Gasteiger partial charge on any atom is -0.310 e. The van der Waals surface area contributed by atoms with Crippen LogP contribution in [-0.4, -0.2) is 43.3 Å². The molecule has 1 saturated heterocycles. The smallest absolute Gasteiger partial charge is 0.310 e. The molecule has 16 heavy (non-hydrogen) atoms. The van der Waals surface area contributed by atoms with Crippen molar-refractivity contribution in [2.24, 2.45) is 0 Å². The molecule has 0 aromatic carbocycles. The molecule has 1 N–H and O–H groups in total. The lowest BCUT2D eigenvalue weighted by molar-refractivity contribution is -0.144. The lowest BCUT2D eigenvalue weighted by atomic mass is 9.91. The summed E-state index contributed by atoms with van der Waals surface area (Å²) in [4.78, 5) is 1.38. The Morgan fingerprint density at radius 2 is 2.06 bits per heavy atom. The fourth-order valence-electron chi connectivity index (χ4n) is 2.65. The predicted octanol–water partition coefficient (Wildman–Crippen LogP) is 2.40. The largest absolute Gasteiger partial charge is 0.401 e. The average Bonchev–Trinajstić information content (AvgIpc) is 2.49. The van der Waals surface area contributed by atoms with E-state index in [0.29, 0.717) is 6.54 Å². The zero-order chi connectivity index (χ0) is 12.2. The Morgan fingerprint density at radius 1 is 1.38 bits per heavy atom. The number of hydrogen-bond acceptors (Lipinski definition) is 2. The van der Waals surface area contributed by atoms with Gasteiger partial charge in [-0.25, -0.2) is 0 Å². The van der Waals surface area contributed by atoms with Crippen LogP contribution in [-0.2, 0) is 0 Å². The first-order valence-corrected chi connectivity index (χ1v) is 5.87. The molecule has 1 heterocycles. The third-order valence-corrected chi connectivity index (χ3v) is 3.08. The maximum Gasteiger partial charge on any atom is 0.401 e. The van der Waals surface area contributed by atoms with Gasteiger partial charge in [0, 0.05) is 12.1 Å². The van der Waals surface area contributed by atoms with E-state index in [4.69, 9.17) is 0 Å². The molecule has 1 rings (SSSR count). The van der Waals surface area contributed by atoms with E-state index in [2.05, 4.69) is 12.2 Å². The molecule has 1 aliphatic heterocycles. The van der Waals surface area contributed by atoms with Gasteiger partial charge in [-0.05, 0) is 32.9 Å². The zero-order valence-electron chi connectivity index (χ0n) is 10.0. The number of hydrogen-bond donors (Lipinski definition) is 1. The molecule has 0 aliphatic carbocycles. The van der Waals surface area contributed by atoms with E-state index in [1.807, 2.05) is 0 Å². The summed E-state index contributed by atoms with van der Waals surface area (Å²) in [5.74, 6) is 0. The predicted molar refractivity (Wildman–Crippen MR) is 58.4 cm³/mol. The minimum atomic E-state index is -4.10. The van der Waals surface area contributed by atoms with Crippen molar-refractivity contribution in [3.05, 3.63) is 0 Å². The SMILES string of the molecule is CCCC1(CN(C)CC(F)(F)F)CCCN1. The van der Waals surface area contributed by atoms with Crippen LogP contribution >= 0.6 is 0 Å². The topological polar surface area (TPSA) is 15.3 Å². The molecule has 1 aliphatic rings. The zero-order valence-corrected chi connectivity index (χ0v) is 10.0. The molecule has 5 heteroatoms. The third kappa shape index (κ3) is 4.29. The van der Waals surface area contributed by atoms with Crippen LogP contribution in [0.2, 0.25) is 0 Å². The summed E-state index contributed by atoms with van der Waals surface area (Å²) in [6.07, 6.45) is -0.0777. The fourth-order valence-corrected chi connectivity index (χ4v) is 2.65. The van der Waals surface area contributed by atoms with Crippen molar-refractivity contribution in [1.29, 1.82) is 0 Å². The number of alkyl halides is 3. The first-order valence-electron chi connectivity index (χ1n) is 5.87. The van der Waals surface area contributed by atoms with Crippen LogP contribution in [0, 0.1) is 0 Å². The quantitative estimate of drug-likeness (QED) is 0.791. The van der Waals surface area contributed by atoms with Gasteiger partial charge < -0.3 is 5.32 Å². The molecule has 1 atom stereocenters. The number of nitrogens with one attached hydrogen (secondary N) is 1. The molecule has 0 bridgehead atoms. The Bertz CT molecular complexity index is 210. The molecule has 0 aromatic heterocycles. The van der Waals surface area contributed by atoms with Crippen molar-refractivity contribution in [3.63, 3.8) is 0 Å². The number of likely N-dealkylation sites (N-methyl/N-ethyl adjacent to an activating group) is 1. The van der Waals surface area contributed by atoms with Crippen LogP contribution in [0.3, 0.4) is 0 Å². The maximum atomic E-state index is 12.2. The Labute approximate surface area is 95.2 Å². The van der Waals surface area contributed by atoms with Crippen LogP contribution in [0.25, 0.3) is 0 Å². The maximum absolute atomic E-state index is 12.2. The van der Waals surface area contributed by atoms with E-state index in [0.717, 1.165) is 32.2 Å². The van der Waals surface area contributed by atoms with Gasteiger partial charge in [0.25, 0.3) is 0 Å². The second-order valence-electron chi connectivity index (χ2n) is 4.85. The van der Waals surface area contributed by atoms with Crippen LogP contribution in [0.4, 0.5) is 13.2 Å². The Hall–Kier alpha value is -0.290. The fraction of sp³-hybridized carbons (Fsp3) is 1.00. The molecule has 0 amide bonds. The van der Waals surface area contributed by atoms with Gasteiger partial charge in [-0.15, -0.1) is 0 Å². The van der Waals surface area contributed by atoms with E-state index in [-0.39, 0.29) is 5.54 Å². The van der Waals surface area contributed by atoms with E-state index in [1.165, 1.54) is 4.90 Å². The van der Waals surface area contributed by atoms with Gasteiger partial charge in [-0.1, -0.05) is 13.3 Å². The highest BCUT2D eigenvalue weighted by Gasteiger charge is 2.36. The van der Waals surface area contributed by atoms with Crippen LogP contribution in [0.5, 0.6) is 0 Å². The summed E-state index contributed by atoms with van der Waals surface area (Å²) in [5, 5.41) is 3.38. The van der Waals surface area contributed by atoms with E-state index in [9.17, 15) is 13.2 Å². The monoisotopic (exact) mass is 238 g/mol. The summed E-state index contributed by atoms with van der Waals surface area (Å²) in [6, 6.07) is 0. The summed E-state index contributed by atoms with van der Waals surface area (Å²) >= 11 is 0. The molecule has 1 unspecified atom stereocenters. The van der Waals surface area contributed by atoms with Crippen molar-refractivity contribution in [2.75, 3.05) is 26.7 Å². The summed E-state index contributed by atoms with van der Waals surface area (Å²) in [7, 11) is 1.55. The van der Waals surface area contributed by atoms with Crippen molar-refractivity contribution in [3.8, 4) is 0 Å². The first kappa shape index (κ1) is 13.8. The molecular formula is C11H21F3N2. The average molecular weight is 238 g/mol. The van der Waals surface area contributed by atoms with Crippen molar-refractivity contribution in [2.45, 2.75) is 44.3 Å². The molecule has 0 saturated carbocycles. The Balaban J connectivity index is 2.48. The van der Waals surface area contributed by atoms with Gasteiger partial charge in [-0.3, -0.25) is 4.90 Å². The van der Waals surface area contributed by atoms with Gasteiger partial charge >= 0.3 is 6.18 Å². The van der Waals surface area contributed by atoms with Crippen molar-refractivity contribution < 1.29 is 13.2 Å². The third-order valence-electron chi connectivity index (χ3n) is 3.08. The highest BCUT2D eigenvalue weighted by molar-refractivity contribution is 4.94. The van der Waals surface area contributed by atoms with Gasteiger partial charge in [-0.2, -0.15) is 13.2 Å². The van der Waals surface area contributed by atoms with Crippen LogP contribution in [0.15, 0.2) is 0 Å². The Morgan fingerprint density at radius 3 is 2.50 bits per heavy atom. The van der Waals surface area contributed by atoms with E-state index in [1.54, 1.807) is 7.05 Å². The molecule has 1 fully saturated rings. The second-order valence-corrected chi connectivity index (χ2v) is 4.85. The summed E-state index contributed by atoms with van der Waals surface area (Å²) < 4.78 is 36.7. The lowest BCUT2D eigenvalue weighted by Gasteiger charge is -2.34. The van der Waals surface area contributed by atoms with Gasteiger partial charge in [0.1, 0.15) is 0 Å². The normalized spacial score (nSPS) is 26.6. The molecule has 96 valence electrons. The number of rotatable bonds is 5. The highest BCUT2D eigenvalue weighted by Crippen LogP contribution is 2.26. The van der Waals surface area contributed by atoms with Crippen LogP contribution < -0.4 is 5.32 Å². The van der Waals surface area contributed by atoms with E-state index >= 15 is 0 Å². The molecular weight excluding hydrogens is 217 g/mol. The molecule has 0 radical (unpaired) electrons. The minimum absolute atomic E-state index is 0.0885. The lowest BCUT2D eigenvalue weighted by Crippen LogP contribution is -2.50. The summed E-state index contributed by atoms with van der Waals surface area (Å²) in [6.45, 7) is 2.67. The number of nitrogens with zero attached hydrogens (tertiary/aromatic N) is 1. The molecule has 0 spiro atoms.